The summed E-state index contributed by atoms with van der Waals surface area (Å²) in [4.78, 5) is 4.83. The number of nitrogens with zero attached hydrogens (tertiary/aromatic N) is 3. The third-order valence-electron chi connectivity index (χ3n) is 8.55. The minimum atomic E-state index is -0.150. The first-order valence-corrected chi connectivity index (χ1v) is 13.9. The Bertz CT molecular complexity index is 1690. The molecule has 2 aromatic heterocycles. The van der Waals surface area contributed by atoms with Crippen molar-refractivity contribution in [2.45, 2.75) is 65.7 Å². The minimum Gasteiger partial charge on any atom is -0.260 e. The number of imidazole rings is 1. The normalized spacial score (nSPS) is 13.9. The topological polar surface area (TPSA) is 21.7 Å². The molecule has 3 nitrogen and oxygen atoms in total. The van der Waals surface area contributed by atoms with Gasteiger partial charge in [-0.15, -0.1) is 0 Å². The number of para-hydroxylation sites is 3. The molecular formula is C35H38N3+. The molecule has 0 N–H and O–H groups in total. The molecule has 3 aromatic carbocycles. The van der Waals surface area contributed by atoms with Gasteiger partial charge in [0, 0.05) is 28.3 Å². The van der Waals surface area contributed by atoms with Crippen LogP contribution >= 0.6 is 0 Å². The average Bonchev–Trinajstić information content (AvgIpc) is 3.31. The van der Waals surface area contributed by atoms with E-state index >= 15 is 0 Å². The second kappa shape index (κ2) is 8.66. The van der Waals surface area contributed by atoms with Gasteiger partial charge in [-0.3, -0.25) is 4.98 Å². The van der Waals surface area contributed by atoms with E-state index in [1.807, 2.05) is 6.20 Å². The summed E-state index contributed by atoms with van der Waals surface area (Å²) in [6, 6.07) is 24.8. The molecule has 0 unspecified atom stereocenters. The molecule has 0 spiro atoms. The van der Waals surface area contributed by atoms with E-state index in [9.17, 15) is 0 Å². The molecule has 0 bridgehead atoms. The second-order valence-electron chi connectivity index (χ2n) is 12.0. The number of aryl methyl sites for hydroxylation is 2. The van der Waals surface area contributed by atoms with E-state index in [2.05, 4.69) is 131 Å². The Morgan fingerprint density at radius 3 is 2.16 bits per heavy atom. The summed E-state index contributed by atoms with van der Waals surface area (Å²) >= 11 is 0. The van der Waals surface area contributed by atoms with Gasteiger partial charge in [-0.2, -0.15) is 4.57 Å². The maximum atomic E-state index is 4.83. The highest BCUT2D eigenvalue weighted by Crippen LogP contribution is 2.49. The Labute approximate surface area is 226 Å². The molecule has 1 aliphatic rings. The van der Waals surface area contributed by atoms with E-state index in [0.29, 0.717) is 11.8 Å². The Kier molecular flexibility index (Phi) is 5.61. The first-order chi connectivity index (χ1) is 18.1. The summed E-state index contributed by atoms with van der Waals surface area (Å²) in [6.07, 6.45) is 1.92. The lowest BCUT2D eigenvalue weighted by atomic mass is 9.83. The quantitative estimate of drug-likeness (QED) is 0.227. The van der Waals surface area contributed by atoms with Crippen LogP contribution < -0.4 is 4.57 Å². The number of hydrogen-bond donors (Lipinski definition) is 0. The Morgan fingerprint density at radius 2 is 1.47 bits per heavy atom. The van der Waals surface area contributed by atoms with Crippen molar-refractivity contribution in [3.05, 3.63) is 101 Å². The summed E-state index contributed by atoms with van der Waals surface area (Å²) in [6.45, 7) is 16.1. The van der Waals surface area contributed by atoms with Gasteiger partial charge < -0.3 is 0 Å². The highest BCUT2D eigenvalue weighted by molar-refractivity contribution is 5.85. The fourth-order valence-corrected chi connectivity index (χ4v) is 6.55. The molecule has 0 fully saturated rings. The standard InChI is InChI=1S/C35H38N3/c1-21(2)24-13-11-14-25(22(3)4)32(24)38-31-17-10-9-16-30(31)37(8)34(38)27-20-29-28(19-23(27)5)26-15-12-18-36-33(26)35(29,6)7/h9-22H,1-8H3/q+1. The molecule has 0 radical (unpaired) electrons. The van der Waals surface area contributed by atoms with E-state index in [1.165, 1.54) is 67.2 Å². The molecule has 0 aliphatic heterocycles. The highest BCUT2D eigenvalue weighted by Gasteiger charge is 2.39. The van der Waals surface area contributed by atoms with Gasteiger partial charge in [-0.25, -0.2) is 4.57 Å². The summed E-state index contributed by atoms with van der Waals surface area (Å²) in [7, 11) is 2.22. The van der Waals surface area contributed by atoms with Crippen LogP contribution in [0, 0.1) is 6.92 Å². The third-order valence-corrected chi connectivity index (χ3v) is 8.55. The molecule has 0 atom stereocenters. The van der Waals surface area contributed by atoms with Crippen molar-refractivity contribution in [1.29, 1.82) is 0 Å². The number of hydrogen-bond acceptors (Lipinski definition) is 1. The Morgan fingerprint density at radius 1 is 0.789 bits per heavy atom. The zero-order valence-corrected chi connectivity index (χ0v) is 23.9. The van der Waals surface area contributed by atoms with Crippen molar-refractivity contribution in [2.24, 2.45) is 7.05 Å². The van der Waals surface area contributed by atoms with Crippen molar-refractivity contribution in [1.82, 2.24) is 9.55 Å². The van der Waals surface area contributed by atoms with Crippen molar-refractivity contribution in [2.75, 3.05) is 0 Å². The number of aromatic nitrogens is 3. The smallest absolute Gasteiger partial charge is 0.260 e. The van der Waals surface area contributed by atoms with Crippen LogP contribution in [0.5, 0.6) is 0 Å². The lowest BCUT2D eigenvalue weighted by Gasteiger charge is -2.21. The van der Waals surface area contributed by atoms with Crippen LogP contribution in [-0.4, -0.2) is 9.55 Å². The predicted octanol–water partition coefficient (Wildman–Crippen LogP) is 8.38. The number of rotatable bonds is 4. The zero-order chi connectivity index (χ0) is 26.9. The molecule has 0 saturated carbocycles. The Hall–Kier alpha value is -3.72. The van der Waals surface area contributed by atoms with Gasteiger partial charge in [0.2, 0.25) is 0 Å². The molecule has 0 amide bonds. The van der Waals surface area contributed by atoms with Gasteiger partial charge in [0.15, 0.2) is 11.0 Å². The first-order valence-electron chi connectivity index (χ1n) is 13.9. The number of pyridine rings is 1. The van der Waals surface area contributed by atoms with Crippen LogP contribution in [0.3, 0.4) is 0 Å². The van der Waals surface area contributed by atoms with Crippen LogP contribution in [0.2, 0.25) is 0 Å². The van der Waals surface area contributed by atoms with Gasteiger partial charge in [-0.05, 0) is 59.7 Å². The fraction of sp³-hybridized carbons (Fsp3) is 0.314. The zero-order valence-electron chi connectivity index (χ0n) is 23.9. The van der Waals surface area contributed by atoms with Gasteiger partial charge in [0.1, 0.15) is 5.69 Å². The van der Waals surface area contributed by atoms with Gasteiger partial charge in [0.05, 0.1) is 18.3 Å². The number of fused-ring (bicyclic) bond motifs is 4. The third kappa shape index (κ3) is 3.41. The summed E-state index contributed by atoms with van der Waals surface area (Å²) in [5, 5.41) is 0. The molecular weight excluding hydrogens is 462 g/mol. The summed E-state index contributed by atoms with van der Waals surface area (Å²) in [5.74, 6) is 2.04. The largest absolute Gasteiger partial charge is 0.295 e. The lowest BCUT2D eigenvalue weighted by Crippen LogP contribution is -2.31. The molecule has 5 aromatic rings. The van der Waals surface area contributed by atoms with E-state index < -0.39 is 0 Å². The Balaban J connectivity index is 1.74. The lowest BCUT2D eigenvalue weighted by molar-refractivity contribution is -0.633. The van der Waals surface area contributed by atoms with Crippen LogP contribution in [0.15, 0.2) is 72.9 Å². The highest BCUT2D eigenvalue weighted by atomic mass is 15.2. The number of benzene rings is 3. The van der Waals surface area contributed by atoms with Crippen molar-refractivity contribution in [3.63, 3.8) is 0 Å². The first kappa shape index (κ1) is 24.6. The SMILES string of the molecule is Cc1cc2c(cc1-c1n(-c3c(C(C)C)cccc3C(C)C)c3ccccc3[n+]1C)C(C)(C)c1ncccc1-2. The molecule has 6 rings (SSSR count). The second-order valence-corrected chi connectivity index (χ2v) is 12.0. The maximum absolute atomic E-state index is 4.83. The molecule has 192 valence electrons. The van der Waals surface area contributed by atoms with E-state index in [1.54, 1.807) is 0 Å². The molecule has 2 heterocycles. The van der Waals surface area contributed by atoms with Crippen molar-refractivity contribution < 1.29 is 4.57 Å². The molecule has 0 saturated heterocycles. The van der Waals surface area contributed by atoms with Crippen LogP contribution in [-0.2, 0) is 12.5 Å². The fourth-order valence-electron chi connectivity index (χ4n) is 6.55. The van der Waals surface area contributed by atoms with Crippen LogP contribution in [0.25, 0.3) is 39.2 Å². The van der Waals surface area contributed by atoms with Crippen LogP contribution in [0.4, 0.5) is 0 Å². The molecule has 38 heavy (non-hydrogen) atoms. The minimum absolute atomic E-state index is 0.150. The van der Waals surface area contributed by atoms with Gasteiger partial charge in [0.25, 0.3) is 5.82 Å². The summed E-state index contributed by atoms with van der Waals surface area (Å²) < 4.78 is 4.93. The van der Waals surface area contributed by atoms with Crippen molar-refractivity contribution >= 4 is 11.0 Å². The maximum Gasteiger partial charge on any atom is 0.295 e. The van der Waals surface area contributed by atoms with E-state index in [4.69, 9.17) is 4.98 Å². The van der Waals surface area contributed by atoms with Gasteiger partial charge >= 0.3 is 0 Å². The molecule has 1 aliphatic carbocycles. The van der Waals surface area contributed by atoms with E-state index in [-0.39, 0.29) is 5.41 Å². The average molecular weight is 501 g/mol. The van der Waals surface area contributed by atoms with Crippen molar-refractivity contribution in [3.8, 4) is 28.2 Å². The predicted molar refractivity (Wildman–Crippen MR) is 158 cm³/mol. The van der Waals surface area contributed by atoms with E-state index in [0.717, 1.165) is 0 Å². The van der Waals surface area contributed by atoms with Gasteiger partial charge in [-0.1, -0.05) is 84.0 Å². The summed E-state index contributed by atoms with van der Waals surface area (Å²) in [5.41, 5.74) is 14.1. The monoisotopic (exact) mass is 500 g/mol. The van der Waals surface area contributed by atoms with Crippen LogP contribution in [0.1, 0.15) is 81.3 Å². The molecule has 3 heteroatoms.